The Hall–Kier alpha value is -3.89. The van der Waals surface area contributed by atoms with E-state index in [0.29, 0.717) is 16.5 Å². The number of hydrogen-bond acceptors (Lipinski definition) is 5. The molecule has 0 bridgehead atoms. The summed E-state index contributed by atoms with van der Waals surface area (Å²) in [5.74, 6) is 0.415. The van der Waals surface area contributed by atoms with Crippen molar-refractivity contribution in [2.75, 3.05) is 23.0 Å². The Morgan fingerprint density at radius 2 is 1.80 bits per heavy atom. The Bertz CT molecular complexity index is 1700. The van der Waals surface area contributed by atoms with Crippen molar-refractivity contribution in [1.29, 1.82) is 0 Å². The molecule has 40 heavy (non-hydrogen) atoms. The number of anilines is 2. The quantitative estimate of drug-likeness (QED) is 0.275. The van der Waals surface area contributed by atoms with Crippen molar-refractivity contribution in [3.05, 3.63) is 101 Å². The first-order valence-electron chi connectivity index (χ1n) is 12.9. The van der Waals surface area contributed by atoms with E-state index in [1.807, 2.05) is 29.2 Å². The lowest BCUT2D eigenvalue weighted by Gasteiger charge is -2.29. The molecular weight excluding hydrogens is 542 g/mol. The van der Waals surface area contributed by atoms with Crippen molar-refractivity contribution in [3.63, 3.8) is 0 Å². The van der Waals surface area contributed by atoms with Crippen LogP contribution in [0, 0.1) is 27.7 Å². The molecule has 0 amide bonds. The molecule has 1 aliphatic rings. The summed E-state index contributed by atoms with van der Waals surface area (Å²) in [5.41, 5.74) is 8.81. The Kier molecular flexibility index (Phi) is 7.32. The van der Waals surface area contributed by atoms with Gasteiger partial charge in [-0.15, -0.1) is 0 Å². The predicted molar refractivity (Wildman–Crippen MR) is 164 cm³/mol. The number of benzene rings is 2. The normalized spacial score (nSPS) is 17.1. The maximum absolute atomic E-state index is 12.1. The zero-order valence-electron chi connectivity index (χ0n) is 23.4. The van der Waals surface area contributed by atoms with Gasteiger partial charge >= 0.3 is 0 Å². The van der Waals surface area contributed by atoms with E-state index in [9.17, 15) is 8.42 Å². The molecule has 0 saturated carbocycles. The van der Waals surface area contributed by atoms with Crippen LogP contribution in [-0.2, 0) is 10.0 Å². The van der Waals surface area contributed by atoms with Crippen LogP contribution >= 0.6 is 12.2 Å². The minimum absolute atomic E-state index is 0.241. The van der Waals surface area contributed by atoms with Crippen LogP contribution < -0.4 is 19.7 Å². The number of hydrogen-bond donors (Lipinski definition) is 2. The molecule has 208 valence electrons. The summed E-state index contributed by atoms with van der Waals surface area (Å²) in [6.07, 6.45) is 2.89. The number of rotatable bonds is 7. The van der Waals surface area contributed by atoms with Gasteiger partial charge in [0.05, 0.1) is 36.8 Å². The average molecular weight is 576 g/mol. The van der Waals surface area contributed by atoms with E-state index >= 15 is 0 Å². The van der Waals surface area contributed by atoms with E-state index in [2.05, 4.69) is 71.6 Å². The van der Waals surface area contributed by atoms with Gasteiger partial charge in [-0.25, -0.2) is 8.42 Å². The fraction of sp³-hybridized carbons (Fsp3) is 0.267. The second kappa shape index (κ2) is 10.6. The van der Waals surface area contributed by atoms with Crippen LogP contribution in [0.25, 0.3) is 5.69 Å². The van der Waals surface area contributed by atoms with Gasteiger partial charge in [-0.1, -0.05) is 18.2 Å². The molecule has 3 heterocycles. The number of methoxy groups -OCH3 is 1. The van der Waals surface area contributed by atoms with Gasteiger partial charge in [0.25, 0.3) is 0 Å². The van der Waals surface area contributed by atoms with Crippen molar-refractivity contribution in [2.45, 2.75) is 39.8 Å². The zero-order chi connectivity index (χ0) is 28.8. The summed E-state index contributed by atoms with van der Waals surface area (Å²) in [6.45, 7) is 8.51. The van der Waals surface area contributed by atoms with Crippen molar-refractivity contribution in [2.24, 2.45) is 0 Å². The highest BCUT2D eigenvalue weighted by molar-refractivity contribution is 7.92. The predicted octanol–water partition coefficient (Wildman–Crippen LogP) is 5.66. The number of pyridine rings is 1. The molecule has 5 rings (SSSR count). The third-order valence-electron chi connectivity index (χ3n) is 7.46. The second-order valence-electron chi connectivity index (χ2n) is 10.1. The minimum Gasteiger partial charge on any atom is -0.495 e. The number of ether oxygens (including phenoxy) is 1. The Balaban J connectivity index is 1.70. The third kappa shape index (κ3) is 5.04. The van der Waals surface area contributed by atoms with Crippen LogP contribution in [0.15, 0.2) is 66.9 Å². The van der Waals surface area contributed by atoms with E-state index in [1.165, 1.54) is 18.2 Å². The molecule has 1 fully saturated rings. The standard InChI is InChI=1S/C30H33N5O3S2/c1-18-10-9-12-26(20(18)3)34-19(2)16-23(21(34)4)29-28(24-11-7-8-15-31-24)32-30(39)35(29)22-13-14-27(38-5)25(17-22)33-40(6,36)37/h7-17,28-29,33H,1-6H3,(H,32,39)/t28-,29-/m0/s1. The number of sulfonamides is 1. The van der Waals surface area contributed by atoms with Crippen LogP contribution in [0.3, 0.4) is 0 Å². The molecule has 0 aliphatic carbocycles. The summed E-state index contributed by atoms with van der Waals surface area (Å²) < 4.78 is 34.6. The molecule has 10 heteroatoms. The van der Waals surface area contributed by atoms with Crippen LogP contribution in [0.5, 0.6) is 5.75 Å². The topological polar surface area (TPSA) is 88.5 Å². The van der Waals surface area contributed by atoms with Gasteiger partial charge in [-0.05, 0) is 99.1 Å². The lowest BCUT2D eigenvalue weighted by molar-refractivity contribution is 0.417. The molecule has 0 unspecified atom stereocenters. The number of nitrogens with zero attached hydrogens (tertiary/aromatic N) is 3. The first kappa shape index (κ1) is 27.7. The Morgan fingerprint density at radius 1 is 1.02 bits per heavy atom. The van der Waals surface area contributed by atoms with E-state index in [0.717, 1.165) is 40.3 Å². The zero-order valence-corrected chi connectivity index (χ0v) is 25.0. The molecule has 8 nitrogen and oxygen atoms in total. The Labute approximate surface area is 241 Å². The second-order valence-corrected chi connectivity index (χ2v) is 12.3. The van der Waals surface area contributed by atoms with Gasteiger partial charge in [0.1, 0.15) is 5.75 Å². The molecule has 2 aromatic carbocycles. The largest absolute Gasteiger partial charge is 0.495 e. The van der Waals surface area contributed by atoms with E-state index in [-0.39, 0.29) is 12.1 Å². The summed E-state index contributed by atoms with van der Waals surface area (Å²) in [6, 6.07) is 19.3. The highest BCUT2D eigenvalue weighted by Crippen LogP contribution is 2.45. The summed E-state index contributed by atoms with van der Waals surface area (Å²) in [4.78, 5) is 6.71. The molecule has 0 spiro atoms. The van der Waals surface area contributed by atoms with E-state index in [1.54, 1.807) is 18.3 Å². The van der Waals surface area contributed by atoms with Crippen LogP contribution in [0.4, 0.5) is 11.4 Å². The third-order valence-corrected chi connectivity index (χ3v) is 8.37. The molecule has 2 aromatic heterocycles. The molecule has 1 aliphatic heterocycles. The van der Waals surface area contributed by atoms with Crippen LogP contribution in [-0.4, -0.2) is 36.4 Å². The number of aryl methyl sites for hydroxylation is 2. The van der Waals surface area contributed by atoms with Gasteiger partial charge in [-0.3, -0.25) is 9.71 Å². The number of nitrogens with one attached hydrogen (secondary N) is 2. The smallest absolute Gasteiger partial charge is 0.229 e. The lowest BCUT2D eigenvalue weighted by Crippen LogP contribution is -2.29. The van der Waals surface area contributed by atoms with Gasteiger partial charge in [0.15, 0.2) is 5.11 Å². The monoisotopic (exact) mass is 575 g/mol. The van der Waals surface area contributed by atoms with Crippen molar-refractivity contribution in [3.8, 4) is 11.4 Å². The fourth-order valence-electron chi connectivity index (χ4n) is 5.51. The van der Waals surface area contributed by atoms with Crippen LogP contribution in [0.1, 0.15) is 45.9 Å². The first-order valence-corrected chi connectivity index (χ1v) is 15.2. The van der Waals surface area contributed by atoms with Crippen molar-refractivity contribution in [1.82, 2.24) is 14.9 Å². The molecule has 0 radical (unpaired) electrons. The highest BCUT2D eigenvalue weighted by atomic mass is 32.2. The lowest BCUT2D eigenvalue weighted by atomic mass is 9.96. The molecule has 4 aromatic rings. The van der Waals surface area contributed by atoms with E-state index in [4.69, 9.17) is 17.0 Å². The molecular formula is C30H33N5O3S2. The minimum atomic E-state index is -3.54. The number of thiocarbonyl (C=S) groups is 1. The maximum Gasteiger partial charge on any atom is 0.229 e. The van der Waals surface area contributed by atoms with Crippen molar-refractivity contribution < 1.29 is 13.2 Å². The molecule has 2 N–H and O–H groups in total. The summed E-state index contributed by atoms with van der Waals surface area (Å²) >= 11 is 5.92. The summed E-state index contributed by atoms with van der Waals surface area (Å²) in [7, 11) is -2.03. The maximum atomic E-state index is 12.1. The van der Waals surface area contributed by atoms with Crippen molar-refractivity contribution >= 4 is 38.7 Å². The first-order chi connectivity index (χ1) is 19.0. The van der Waals surface area contributed by atoms with Gasteiger partial charge in [0.2, 0.25) is 10.0 Å². The van der Waals surface area contributed by atoms with Gasteiger partial charge in [-0.2, -0.15) is 0 Å². The fourth-order valence-corrected chi connectivity index (χ4v) is 6.41. The SMILES string of the molecule is COc1ccc(N2C(=S)N[C@@H](c3ccccn3)[C@@H]2c2cc(C)n(-c3cccc(C)c3C)c2C)cc1NS(C)(=O)=O. The molecule has 1 saturated heterocycles. The molecule has 2 atom stereocenters. The summed E-state index contributed by atoms with van der Waals surface area (Å²) in [5, 5.41) is 4.02. The van der Waals surface area contributed by atoms with Gasteiger partial charge in [0, 0.05) is 29.0 Å². The van der Waals surface area contributed by atoms with E-state index < -0.39 is 10.0 Å². The number of aromatic nitrogens is 2. The highest BCUT2D eigenvalue weighted by Gasteiger charge is 2.42. The van der Waals surface area contributed by atoms with Gasteiger partial charge < -0.3 is 19.5 Å². The Morgan fingerprint density at radius 3 is 2.48 bits per heavy atom. The van der Waals surface area contributed by atoms with Crippen LogP contribution in [0.2, 0.25) is 0 Å². The average Bonchev–Trinajstić information content (AvgIpc) is 3.40.